The molecule has 12 nitrogen and oxygen atoms in total. The first-order chi connectivity index (χ1) is 12.4. The van der Waals surface area contributed by atoms with E-state index in [0.29, 0.717) is 0 Å². The molecule has 0 aromatic heterocycles. The number of carboxylic acid groups (broad SMARTS) is 2. The van der Waals surface area contributed by atoms with Crippen LogP contribution in [-0.4, -0.2) is 75.8 Å². The summed E-state index contributed by atoms with van der Waals surface area (Å²) in [7, 11) is 0. The summed E-state index contributed by atoms with van der Waals surface area (Å²) in [5.41, 5.74) is 5.37. The van der Waals surface area contributed by atoms with E-state index in [1.807, 2.05) is 0 Å². The minimum Gasteiger partial charge on any atom is -0.481 e. The molecule has 0 saturated heterocycles. The third-order valence-corrected chi connectivity index (χ3v) is 3.53. The second-order valence-electron chi connectivity index (χ2n) is 6.25. The van der Waals surface area contributed by atoms with E-state index in [2.05, 4.69) is 16.0 Å². The number of rotatable bonds is 11. The quantitative estimate of drug-likeness (QED) is 0.191. The van der Waals surface area contributed by atoms with Gasteiger partial charge in [0.05, 0.1) is 19.1 Å². The van der Waals surface area contributed by atoms with E-state index < -0.39 is 72.8 Å². The Labute approximate surface area is 155 Å². The molecule has 0 aliphatic rings. The maximum Gasteiger partial charge on any atom is 0.326 e. The molecule has 0 aromatic carbocycles. The van der Waals surface area contributed by atoms with E-state index in [9.17, 15) is 29.1 Å². The van der Waals surface area contributed by atoms with Crippen LogP contribution in [0.25, 0.3) is 0 Å². The zero-order chi connectivity index (χ0) is 21.3. The largest absolute Gasteiger partial charge is 0.481 e. The van der Waals surface area contributed by atoms with Crippen molar-refractivity contribution in [3.8, 4) is 0 Å². The minimum absolute atomic E-state index is 0.435. The maximum atomic E-state index is 12.1. The van der Waals surface area contributed by atoms with Crippen LogP contribution in [0.1, 0.15) is 27.2 Å². The van der Waals surface area contributed by atoms with Crippen LogP contribution in [0.15, 0.2) is 0 Å². The van der Waals surface area contributed by atoms with Gasteiger partial charge in [-0.2, -0.15) is 0 Å². The van der Waals surface area contributed by atoms with Gasteiger partial charge in [0.1, 0.15) is 18.1 Å². The van der Waals surface area contributed by atoms with Crippen LogP contribution in [0.2, 0.25) is 0 Å². The number of carboxylic acids is 2. The molecule has 0 radical (unpaired) electrons. The van der Waals surface area contributed by atoms with Crippen molar-refractivity contribution in [3.05, 3.63) is 0 Å². The molecular formula is C15H26N4O8. The Bertz CT molecular complexity index is 580. The molecular weight excluding hydrogens is 364 g/mol. The lowest BCUT2D eigenvalue weighted by Gasteiger charge is -2.23. The Balaban J connectivity index is 4.82. The molecule has 4 atom stereocenters. The van der Waals surface area contributed by atoms with E-state index in [1.54, 1.807) is 13.8 Å². The number of nitrogens with one attached hydrogen (secondary N) is 3. The molecule has 4 unspecified atom stereocenters. The Morgan fingerprint density at radius 1 is 0.889 bits per heavy atom. The summed E-state index contributed by atoms with van der Waals surface area (Å²) in [6, 6.07) is -5.20. The molecule has 27 heavy (non-hydrogen) atoms. The number of hydrogen-bond donors (Lipinski definition) is 7. The van der Waals surface area contributed by atoms with Gasteiger partial charge in [-0.1, -0.05) is 13.8 Å². The third-order valence-electron chi connectivity index (χ3n) is 3.53. The van der Waals surface area contributed by atoms with Crippen molar-refractivity contribution in [2.24, 2.45) is 11.7 Å². The Kier molecular flexibility index (Phi) is 9.96. The lowest BCUT2D eigenvalue weighted by atomic mass is 10.0. The standard InChI is InChI=1S/C15H26N4O8/c1-6(2)11(15(26)27)19-14(25)9(5-20)18-12(23)7(3)17-13(24)8(16)4-10(21)22/h6-9,11,20H,4-5,16H2,1-3H3,(H,17,24)(H,18,23)(H,19,25)(H,21,22)(H,26,27). The molecule has 8 N–H and O–H groups in total. The summed E-state index contributed by atoms with van der Waals surface area (Å²) in [4.78, 5) is 57.5. The van der Waals surface area contributed by atoms with Crippen molar-refractivity contribution in [2.45, 2.75) is 51.4 Å². The smallest absolute Gasteiger partial charge is 0.326 e. The highest BCUT2D eigenvalue weighted by Gasteiger charge is 2.29. The first-order valence-corrected chi connectivity index (χ1v) is 8.12. The van der Waals surface area contributed by atoms with Crippen molar-refractivity contribution in [1.82, 2.24) is 16.0 Å². The highest BCUT2D eigenvalue weighted by atomic mass is 16.4. The maximum absolute atomic E-state index is 12.1. The van der Waals surface area contributed by atoms with Gasteiger partial charge in [0.25, 0.3) is 0 Å². The highest BCUT2D eigenvalue weighted by Crippen LogP contribution is 2.02. The first kappa shape index (κ1) is 24.3. The summed E-state index contributed by atoms with van der Waals surface area (Å²) >= 11 is 0. The number of aliphatic carboxylic acids is 2. The predicted molar refractivity (Wildman–Crippen MR) is 91.3 cm³/mol. The summed E-state index contributed by atoms with van der Waals surface area (Å²) in [5, 5.41) is 33.5. The minimum atomic E-state index is -1.44. The normalized spacial score (nSPS) is 15.2. The SMILES string of the molecule is CC(NC(=O)C(N)CC(=O)O)C(=O)NC(CO)C(=O)NC(C(=O)O)C(C)C. The van der Waals surface area contributed by atoms with Crippen molar-refractivity contribution in [3.63, 3.8) is 0 Å². The average Bonchev–Trinajstić information content (AvgIpc) is 2.55. The Morgan fingerprint density at radius 3 is 1.85 bits per heavy atom. The first-order valence-electron chi connectivity index (χ1n) is 8.12. The van der Waals surface area contributed by atoms with Crippen LogP contribution in [-0.2, 0) is 24.0 Å². The van der Waals surface area contributed by atoms with Crippen molar-refractivity contribution in [2.75, 3.05) is 6.61 Å². The molecule has 0 aliphatic heterocycles. The topological polar surface area (TPSA) is 208 Å². The van der Waals surface area contributed by atoms with Crippen LogP contribution < -0.4 is 21.7 Å². The number of aliphatic hydroxyl groups excluding tert-OH is 1. The van der Waals surface area contributed by atoms with Gasteiger partial charge < -0.3 is 37.0 Å². The van der Waals surface area contributed by atoms with E-state index in [4.69, 9.17) is 15.9 Å². The van der Waals surface area contributed by atoms with E-state index in [1.165, 1.54) is 6.92 Å². The molecule has 0 bridgehead atoms. The van der Waals surface area contributed by atoms with Gasteiger partial charge in [-0.3, -0.25) is 19.2 Å². The van der Waals surface area contributed by atoms with Crippen molar-refractivity contribution in [1.29, 1.82) is 0 Å². The van der Waals surface area contributed by atoms with Crippen LogP contribution >= 0.6 is 0 Å². The predicted octanol–water partition coefficient (Wildman–Crippen LogP) is -3.00. The molecule has 3 amide bonds. The van der Waals surface area contributed by atoms with Gasteiger partial charge in [-0.25, -0.2) is 4.79 Å². The molecule has 0 spiro atoms. The monoisotopic (exact) mass is 390 g/mol. The Hall–Kier alpha value is -2.73. The van der Waals surface area contributed by atoms with Gasteiger partial charge in [-0.05, 0) is 12.8 Å². The molecule has 0 aliphatic carbocycles. The fraction of sp³-hybridized carbons (Fsp3) is 0.667. The third kappa shape index (κ3) is 8.46. The molecule has 154 valence electrons. The highest BCUT2D eigenvalue weighted by molar-refractivity contribution is 5.94. The van der Waals surface area contributed by atoms with Gasteiger partial charge in [0.2, 0.25) is 17.7 Å². The molecule has 0 aromatic rings. The zero-order valence-electron chi connectivity index (χ0n) is 15.3. The summed E-state index contributed by atoms with van der Waals surface area (Å²) in [5.74, 6) is -5.63. The lowest BCUT2D eigenvalue weighted by Crippen LogP contribution is -2.58. The van der Waals surface area contributed by atoms with Crippen LogP contribution in [0, 0.1) is 5.92 Å². The van der Waals surface area contributed by atoms with Crippen LogP contribution in [0.4, 0.5) is 0 Å². The van der Waals surface area contributed by atoms with Gasteiger partial charge in [0.15, 0.2) is 0 Å². The second kappa shape index (κ2) is 11.1. The number of hydrogen-bond acceptors (Lipinski definition) is 7. The number of nitrogens with two attached hydrogens (primary N) is 1. The lowest BCUT2D eigenvalue weighted by molar-refractivity contribution is -0.143. The summed E-state index contributed by atoms with van der Waals surface area (Å²) in [6.07, 6.45) is -0.631. The molecule has 0 saturated carbocycles. The number of aliphatic hydroxyl groups is 1. The summed E-state index contributed by atoms with van der Waals surface area (Å²) < 4.78 is 0. The number of carbonyl (C=O) groups is 5. The number of amides is 3. The van der Waals surface area contributed by atoms with Crippen LogP contribution in [0.3, 0.4) is 0 Å². The zero-order valence-corrected chi connectivity index (χ0v) is 15.3. The van der Waals surface area contributed by atoms with Gasteiger partial charge >= 0.3 is 11.9 Å². The fourth-order valence-corrected chi connectivity index (χ4v) is 1.93. The fourth-order valence-electron chi connectivity index (χ4n) is 1.93. The molecule has 12 heteroatoms. The number of carbonyl (C=O) groups excluding carboxylic acids is 3. The molecule has 0 fully saturated rings. The van der Waals surface area contributed by atoms with Crippen molar-refractivity contribution >= 4 is 29.7 Å². The van der Waals surface area contributed by atoms with Gasteiger partial charge in [0, 0.05) is 0 Å². The van der Waals surface area contributed by atoms with E-state index in [-0.39, 0.29) is 0 Å². The van der Waals surface area contributed by atoms with Crippen molar-refractivity contribution < 1.29 is 39.3 Å². The van der Waals surface area contributed by atoms with E-state index in [0.717, 1.165) is 0 Å². The Morgan fingerprint density at radius 2 is 1.44 bits per heavy atom. The summed E-state index contributed by atoms with van der Waals surface area (Å²) in [6.45, 7) is 3.61. The second-order valence-corrected chi connectivity index (χ2v) is 6.25. The molecule has 0 heterocycles. The van der Waals surface area contributed by atoms with Crippen LogP contribution in [0.5, 0.6) is 0 Å². The molecule has 0 rings (SSSR count). The van der Waals surface area contributed by atoms with E-state index >= 15 is 0 Å². The average molecular weight is 390 g/mol. The van der Waals surface area contributed by atoms with Gasteiger partial charge in [-0.15, -0.1) is 0 Å².